The Bertz CT molecular complexity index is 334. The van der Waals surface area contributed by atoms with Gasteiger partial charge in [0.25, 0.3) is 0 Å². The molecule has 0 aliphatic heterocycles. The second-order valence-electron chi connectivity index (χ2n) is 5.73. The van der Waals surface area contributed by atoms with Crippen molar-refractivity contribution in [3.63, 3.8) is 0 Å². The van der Waals surface area contributed by atoms with E-state index in [4.69, 9.17) is 5.73 Å². The van der Waals surface area contributed by atoms with Gasteiger partial charge in [0.15, 0.2) is 0 Å². The van der Waals surface area contributed by atoms with E-state index in [-0.39, 0.29) is 11.5 Å². The second-order valence-corrected chi connectivity index (χ2v) is 5.73. The zero-order valence-corrected chi connectivity index (χ0v) is 10.6. The fourth-order valence-corrected chi connectivity index (χ4v) is 2.01. The normalized spacial score (nSPS) is 14.0. The van der Waals surface area contributed by atoms with Crippen LogP contribution in [0.15, 0.2) is 18.2 Å². The molecule has 0 fully saturated rings. The molecule has 0 amide bonds. The van der Waals surface area contributed by atoms with Crippen LogP contribution in [0, 0.1) is 19.3 Å². The van der Waals surface area contributed by atoms with Gasteiger partial charge in [0.2, 0.25) is 0 Å². The summed E-state index contributed by atoms with van der Waals surface area (Å²) in [5, 5.41) is 0. The Labute approximate surface area is 93.7 Å². The van der Waals surface area contributed by atoms with E-state index in [0.29, 0.717) is 0 Å². The number of rotatable bonds is 2. The number of nitrogens with two attached hydrogens (primary N) is 1. The van der Waals surface area contributed by atoms with Crippen molar-refractivity contribution in [3.8, 4) is 0 Å². The molecule has 84 valence electrons. The minimum absolute atomic E-state index is 0.158. The molecule has 2 N–H and O–H groups in total. The topological polar surface area (TPSA) is 26.0 Å². The summed E-state index contributed by atoms with van der Waals surface area (Å²) in [6.45, 7) is 11.0. The molecule has 1 nitrogen and oxygen atoms in total. The summed E-state index contributed by atoms with van der Waals surface area (Å²) in [5.41, 5.74) is 10.4. The van der Waals surface area contributed by atoms with Gasteiger partial charge < -0.3 is 5.73 Å². The first-order valence-corrected chi connectivity index (χ1v) is 5.62. The highest BCUT2D eigenvalue weighted by Crippen LogP contribution is 2.29. The van der Waals surface area contributed by atoms with Gasteiger partial charge in [0.1, 0.15) is 0 Å². The molecule has 1 unspecified atom stereocenters. The maximum atomic E-state index is 6.23. The Balaban J connectivity index is 2.87. The van der Waals surface area contributed by atoms with Gasteiger partial charge >= 0.3 is 0 Å². The number of benzene rings is 1. The summed E-state index contributed by atoms with van der Waals surface area (Å²) in [4.78, 5) is 0. The summed E-state index contributed by atoms with van der Waals surface area (Å²) in [6.07, 6.45) is 1.02. The largest absolute Gasteiger partial charge is 0.324 e. The van der Waals surface area contributed by atoms with E-state index in [1.54, 1.807) is 0 Å². The summed E-state index contributed by atoms with van der Waals surface area (Å²) < 4.78 is 0. The quantitative estimate of drug-likeness (QED) is 0.782. The average Bonchev–Trinajstić information content (AvgIpc) is 1.99. The molecule has 0 aliphatic carbocycles. The highest BCUT2D eigenvalue weighted by atomic mass is 14.6. The number of hydrogen-bond acceptors (Lipinski definition) is 1. The van der Waals surface area contributed by atoms with Crippen LogP contribution in [0.5, 0.6) is 0 Å². The van der Waals surface area contributed by atoms with E-state index in [9.17, 15) is 0 Å². The third-order valence-corrected chi connectivity index (χ3v) is 2.66. The van der Waals surface area contributed by atoms with Crippen molar-refractivity contribution >= 4 is 0 Å². The molecule has 1 aromatic carbocycles. The zero-order valence-electron chi connectivity index (χ0n) is 10.6. The molecule has 0 heterocycles. The summed E-state index contributed by atoms with van der Waals surface area (Å²) >= 11 is 0. The first kappa shape index (κ1) is 12.3. The van der Waals surface area contributed by atoms with E-state index in [1.165, 1.54) is 16.7 Å². The van der Waals surface area contributed by atoms with Crippen LogP contribution in [-0.4, -0.2) is 0 Å². The van der Waals surface area contributed by atoms with Gasteiger partial charge in [-0.25, -0.2) is 0 Å². The summed E-state index contributed by atoms with van der Waals surface area (Å²) in [6, 6.07) is 6.68. The first-order valence-electron chi connectivity index (χ1n) is 5.62. The molecule has 0 bridgehead atoms. The van der Waals surface area contributed by atoms with Crippen LogP contribution in [0.3, 0.4) is 0 Å². The van der Waals surface area contributed by atoms with E-state index < -0.39 is 0 Å². The molecule has 1 aromatic rings. The molecular weight excluding hydrogens is 182 g/mol. The van der Waals surface area contributed by atoms with Crippen molar-refractivity contribution in [2.75, 3.05) is 0 Å². The smallest absolute Gasteiger partial charge is 0.0302 e. The van der Waals surface area contributed by atoms with Gasteiger partial charge in [-0.1, -0.05) is 44.5 Å². The van der Waals surface area contributed by atoms with E-state index >= 15 is 0 Å². The Morgan fingerprint density at radius 3 is 2.27 bits per heavy atom. The van der Waals surface area contributed by atoms with Crippen molar-refractivity contribution < 1.29 is 0 Å². The Morgan fingerprint density at radius 2 is 1.80 bits per heavy atom. The van der Waals surface area contributed by atoms with Gasteiger partial charge in [0, 0.05) is 6.04 Å². The predicted octanol–water partition coefficient (Wildman–Crippen LogP) is 3.74. The summed E-state index contributed by atoms with van der Waals surface area (Å²) in [7, 11) is 0. The minimum atomic E-state index is 0.158. The molecular formula is C14H23N. The first-order chi connectivity index (χ1) is 6.79. The SMILES string of the molecule is Cc1ccc(C(N)CC(C)(C)C)c(C)c1. The van der Waals surface area contributed by atoms with Crippen molar-refractivity contribution in [2.45, 2.75) is 47.1 Å². The molecule has 0 spiro atoms. The van der Waals surface area contributed by atoms with Crippen molar-refractivity contribution in [2.24, 2.45) is 11.1 Å². The fraction of sp³-hybridized carbons (Fsp3) is 0.571. The molecule has 1 atom stereocenters. The van der Waals surface area contributed by atoms with Gasteiger partial charge in [-0.05, 0) is 36.8 Å². The van der Waals surface area contributed by atoms with Crippen molar-refractivity contribution in [1.82, 2.24) is 0 Å². The van der Waals surface area contributed by atoms with Crippen LogP contribution >= 0.6 is 0 Å². The molecule has 0 saturated heterocycles. The monoisotopic (exact) mass is 205 g/mol. The molecule has 1 heteroatoms. The highest BCUT2D eigenvalue weighted by Gasteiger charge is 2.17. The third kappa shape index (κ3) is 3.67. The van der Waals surface area contributed by atoms with Crippen LogP contribution in [0.2, 0.25) is 0 Å². The van der Waals surface area contributed by atoms with E-state index in [2.05, 4.69) is 52.8 Å². The van der Waals surface area contributed by atoms with Gasteiger partial charge in [0.05, 0.1) is 0 Å². The fourth-order valence-electron chi connectivity index (χ4n) is 2.01. The molecule has 0 saturated carbocycles. The van der Waals surface area contributed by atoms with Gasteiger partial charge in [-0.2, -0.15) is 0 Å². The van der Waals surface area contributed by atoms with Crippen LogP contribution in [0.1, 0.15) is 49.9 Å². The predicted molar refractivity (Wildman–Crippen MR) is 66.9 cm³/mol. The maximum absolute atomic E-state index is 6.23. The minimum Gasteiger partial charge on any atom is -0.324 e. The Hall–Kier alpha value is -0.820. The number of aryl methyl sites for hydroxylation is 2. The lowest BCUT2D eigenvalue weighted by Crippen LogP contribution is -2.19. The Morgan fingerprint density at radius 1 is 1.20 bits per heavy atom. The zero-order chi connectivity index (χ0) is 11.6. The van der Waals surface area contributed by atoms with Gasteiger partial charge in [-0.15, -0.1) is 0 Å². The molecule has 0 radical (unpaired) electrons. The molecule has 15 heavy (non-hydrogen) atoms. The number of hydrogen-bond donors (Lipinski definition) is 1. The Kier molecular flexibility index (Phi) is 3.56. The lowest BCUT2D eigenvalue weighted by molar-refractivity contribution is 0.342. The lowest BCUT2D eigenvalue weighted by atomic mass is 9.84. The lowest BCUT2D eigenvalue weighted by Gasteiger charge is -2.24. The maximum Gasteiger partial charge on any atom is 0.0302 e. The van der Waals surface area contributed by atoms with E-state index in [0.717, 1.165) is 6.42 Å². The molecule has 0 aliphatic rings. The van der Waals surface area contributed by atoms with Crippen molar-refractivity contribution in [1.29, 1.82) is 0 Å². The van der Waals surface area contributed by atoms with Crippen molar-refractivity contribution in [3.05, 3.63) is 34.9 Å². The molecule has 1 rings (SSSR count). The van der Waals surface area contributed by atoms with Gasteiger partial charge in [-0.3, -0.25) is 0 Å². The van der Waals surface area contributed by atoms with Crippen LogP contribution in [0.25, 0.3) is 0 Å². The second kappa shape index (κ2) is 4.36. The average molecular weight is 205 g/mol. The third-order valence-electron chi connectivity index (χ3n) is 2.66. The standard InChI is InChI=1S/C14H23N/c1-10-6-7-12(11(2)8-10)13(15)9-14(3,4)5/h6-8,13H,9,15H2,1-5H3. The van der Waals surface area contributed by atoms with E-state index in [1.807, 2.05) is 0 Å². The van der Waals surface area contributed by atoms with Crippen LogP contribution in [-0.2, 0) is 0 Å². The molecule has 0 aromatic heterocycles. The van der Waals surface area contributed by atoms with Crippen LogP contribution in [0.4, 0.5) is 0 Å². The highest BCUT2D eigenvalue weighted by molar-refractivity contribution is 5.32. The summed E-state index contributed by atoms with van der Waals surface area (Å²) in [5.74, 6) is 0. The van der Waals surface area contributed by atoms with Crippen LogP contribution < -0.4 is 5.73 Å².